The number of hydrogen-bond donors (Lipinski definition) is 2. The van der Waals surface area contributed by atoms with E-state index < -0.39 is 0 Å². The van der Waals surface area contributed by atoms with Crippen molar-refractivity contribution in [2.75, 3.05) is 19.5 Å². The molecule has 1 heterocycles. The number of benzene rings is 3. The van der Waals surface area contributed by atoms with Gasteiger partial charge in [-0.15, -0.1) is 0 Å². The van der Waals surface area contributed by atoms with Crippen LogP contribution in [0.15, 0.2) is 53.4 Å². The quantitative estimate of drug-likeness (QED) is 0.283. The van der Waals surface area contributed by atoms with E-state index in [1.165, 1.54) is 18.9 Å². The molecule has 0 spiro atoms. The van der Waals surface area contributed by atoms with Crippen molar-refractivity contribution in [1.29, 1.82) is 0 Å². The van der Waals surface area contributed by atoms with Gasteiger partial charge in [0.2, 0.25) is 0 Å². The number of ether oxygens (including phenoxy) is 3. The van der Waals surface area contributed by atoms with E-state index in [1.54, 1.807) is 43.5 Å². The summed E-state index contributed by atoms with van der Waals surface area (Å²) in [5.41, 5.74) is 2.96. The monoisotopic (exact) mass is 564 g/mol. The Morgan fingerprint density at radius 3 is 2.50 bits per heavy atom. The fraction of sp³-hybridized carbons (Fsp3) is 0.192. The molecule has 1 saturated heterocycles. The summed E-state index contributed by atoms with van der Waals surface area (Å²) < 4.78 is 16.8. The van der Waals surface area contributed by atoms with E-state index in [4.69, 9.17) is 49.0 Å². The van der Waals surface area contributed by atoms with Crippen molar-refractivity contribution < 1.29 is 19.0 Å². The Kier molecular flexibility index (Phi) is 8.46. The lowest BCUT2D eigenvalue weighted by Gasteiger charge is -2.16. The van der Waals surface area contributed by atoms with Crippen LogP contribution in [0.4, 0.5) is 5.69 Å². The summed E-state index contributed by atoms with van der Waals surface area (Å²) in [5, 5.41) is 7.61. The maximum atomic E-state index is 12.6. The number of rotatable bonds is 8. The molecule has 2 N–H and O–H groups in total. The lowest BCUT2D eigenvalue weighted by molar-refractivity contribution is -0.116. The van der Waals surface area contributed by atoms with E-state index in [0.717, 1.165) is 16.8 Å². The standard InChI is InChI=1S/C26H23Cl3N2O4S/c1-14-4-7-21(33-2)20(8-14)30-26-31-25(32)23(36-26)11-15-9-19(29)24(22(10-15)34-3)35-13-16-5-6-17(27)12-18(16)28/h4-12,26,30H,13H2,1-3H3,(H,31,32)/b23-11-. The molecule has 3 aromatic rings. The van der Waals surface area contributed by atoms with Gasteiger partial charge in [-0.2, -0.15) is 0 Å². The molecule has 188 valence electrons. The first-order valence-electron chi connectivity index (χ1n) is 10.8. The number of aryl methyl sites for hydroxylation is 1. The van der Waals surface area contributed by atoms with Crippen molar-refractivity contribution in [3.63, 3.8) is 0 Å². The second-order valence-corrected chi connectivity index (χ2v) is 10.3. The molecule has 1 aliphatic heterocycles. The zero-order chi connectivity index (χ0) is 25.8. The average molecular weight is 566 g/mol. The second-order valence-electron chi connectivity index (χ2n) is 7.89. The average Bonchev–Trinajstić information content (AvgIpc) is 3.17. The van der Waals surface area contributed by atoms with Gasteiger partial charge in [0, 0.05) is 15.6 Å². The van der Waals surface area contributed by atoms with E-state index in [9.17, 15) is 4.79 Å². The highest BCUT2D eigenvalue weighted by Gasteiger charge is 2.28. The summed E-state index contributed by atoms with van der Waals surface area (Å²) in [4.78, 5) is 13.2. The van der Waals surface area contributed by atoms with Crippen molar-refractivity contribution in [3.8, 4) is 17.2 Å². The van der Waals surface area contributed by atoms with Crippen LogP contribution < -0.4 is 24.8 Å². The van der Waals surface area contributed by atoms with E-state index >= 15 is 0 Å². The van der Waals surface area contributed by atoms with Crippen LogP contribution >= 0.6 is 46.6 Å². The number of hydrogen-bond acceptors (Lipinski definition) is 6. The molecule has 10 heteroatoms. The first-order chi connectivity index (χ1) is 17.3. The Balaban J connectivity index is 1.51. The first kappa shape index (κ1) is 26.4. The van der Waals surface area contributed by atoms with Crippen LogP contribution in [0.1, 0.15) is 16.7 Å². The van der Waals surface area contributed by atoms with Gasteiger partial charge in [0.25, 0.3) is 5.91 Å². The zero-order valence-electron chi connectivity index (χ0n) is 19.7. The largest absolute Gasteiger partial charge is 0.495 e. The van der Waals surface area contributed by atoms with Crippen LogP contribution in [-0.4, -0.2) is 25.6 Å². The van der Waals surface area contributed by atoms with Crippen LogP contribution in [0, 0.1) is 6.92 Å². The number of amides is 1. The normalized spacial score (nSPS) is 16.1. The molecule has 0 bridgehead atoms. The van der Waals surface area contributed by atoms with E-state index in [0.29, 0.717) is 42.8 Å². The Hall–Kier alpha value is -2.71. The summed E-state index contributed by atoms with van der Waals surface area (Å²) in [6.45, 7) is 2.17. The first-order valence-corrected chi connectivity index (χ1v) is 12.8. The molecule has 0 saturated carbocycles. The van der Waals surface area contributed by atoms with Gasteiger partial charge >= 0.3 is 0 Å². The van der Waals surface area contributed by atoms with Gasteiger partial charge in [-0.3, -0.25) is 4.79 Å². The summed E-state index contributed by atoms with van der Waals surface area (Å²) in [5.74, 6) is 1.31. The molecular weight excluding hydrogens is 543 g/mol. The smallest absolute Gasteiger partial charge is 0.260 e. The van der Waals surface area contributed by atoms with Crippen LogP contribution in [0.2, 0.25) is 15.1 Å². The molecule has 1 fully saturated rings. The van der Waals surface area contributed by atoms with Crippen molar-refractivity contribution in [2.45, 2.75) is 19.0 Å². The molecule has 0 aliphatic carbocycles. The number of anilines is 1. The molecule has 36 heavy (non-hydrogen) atoms. The fourth-order valence-corrected chi connectivity index (χ4v) is 5.26. The van der Waals surface area contributed by atoms with E-state index in [1.807, 2.05) is 25.1 Å². The molecule has 4 rings (SSSR count). The number of carbonyl (C=O) groups excluding carboxylic acids is 1. The van der Waals surface area contributed by atoms with Gasteiger partial charge in [-0.05, 0) is 60.5 Å². The molecule has 0 radical (unpaired) electrons. The number of thioether (sulfide) groups is 1. The van der Waals surface area contributed by atoms with Gasteiger partial charge in [0.1, 0.15) is 12.4 Å². The van der Waals surface area contributed by atoms with Crippen molar-refractivity contribution in [3.05, 3.63) is 85.2 Å². The maximum absolute atomic E-state index is 12.6. The Morgan fingerprint density at radius 1 is 1.00 bits per heavy atom. The predicted molar refractivity (Wildman–Crippen MR) is 148 cm³/mol. The number of carbonyl (C=O) groups is 1. The molecule has 1 amide bonds. The van der Waals surface area contributed by atoms with Gasteiger partial charge in [-0.1, -0.05) is 58.7 Å². The number of halogens is 3. The maximum Gasteiger partial charge on any atom is 0.260 e. The minimum atomic E-state index is -0.358. The number of methoxy groups -OCH3 is 2. The highest BCUT2D eigenvalue weighted by molar-refractivity contribution is 8.05. The van der Waals surface area contributed by atoms with Gasteiger partial charge in [0.15, 0.2) is 17.0 Å². The van der Waals surface area contributed by atoms with Crippen LogP contribution in [0.3, 0.4) is 0 Å². The Morgan fingerprint density at radius 2 is 1.78 bits per heavy atom. The van der Waals surface area contributed by atoms with Crippen molar-refractivity contribution in [2.24, 2.45) is 0 Å². The topological polar surface area (TPSA) is 68.8 Å². The van der Waals surface area contributed by atoms with Gasteiger partial charge in [0.05, 0.1) is 29.8 Å². The van der Waals surface area contributed by atoms with Gasteiger partial charge < -0.3 is 24.8 Å². The SMILES string of the molecule is COc1ccc(C)cc1NC1NC(=O)/C(=C/c2cc(Cl)c(OCc3ccc(Cl)cc3Cl)c(OC)c2)S1. The van der Waals surface area contributed by atoms with Crippen molar-refractivity contribution in [1.82, 2.24) is 5.32 Å². The lowest BCUT2D eigenvalue weighted by Crippen LogP contribution is -2.31. The van der Waals surface area contributed by atoms with Gasteiger partial charge in [-0.25, -0.2) is 0 Å². The van der Waals surface area contributed by atoms with Crippen LogP contribution in [0.5, 0.6) is 17.2 Å². The third-order valence-corrected chi connectivity index (χ3v) is 7.21. The summed E-state index contributed by atoms with van der Waals surface area (Å²) in [6, 6.07) is 14.5. The molecular formula is C26H23Cl3N2O4S. The summed E-state index contributed by atoms with van der Waals surface area (Å²) in [6.07, 6.45) is 1.75. The van der Waals surface area contributed by atoms with E-state index in [-0.39, 0.29) is 18.0 Å². The minimum absolute atomic E-state index is 0.181. The lowest BCUT2D eigenvalue weighted by atomic mass is 10.1. The summed E-state index contributed by atoms with van der Waals surface area (Å²) in [7, 11) is 3.13. The molecule has 6 nitrogen and oxygen atoms in total. The van der Waals surface area contributed by atoms with E-state index in [2.05, 4.69) is 10.6 Å². The Labute approximate surface area is 228 Å². The number of nitrogens with one attached hydrogen (secondary N) is 2. The minimum Gasteiger partial charge on any atom is -0.495 e. The predicted octanol–water partition coefficient (Wildman–Crippen LogP) is 7.15. The molecule has 1 unspecified atom stereocenters. The third-order valence-electron chi connectivity index (χ3n) is 5.31. The second kappa shape index (κ2) is 11.6. The molecule has 0 aromatic heterocycles. The fourth-order valence-electron chi connectivity index (χ4n) is 3.54. The third kappa shape index (κ3) is 6.16. The van der Waals surface area contributed by atoms with Crippen LogP contribution in [0.25, 0.3) is 6.08 Å². The van der Waals surface area contributed by atoms with Crippen LogP contribution in [-0.2, 0) is 11.4 Å². The summed E-state index contributed by atoms with van der Waals surface area (Å²) >= 11 is 20.1. The molecule has 1 aliphatic rings. The zero-order valence-corrected chi connectivity index (χ0v) is 22.7. The Bertz CT molecular complexity index is 1330. The van der Waals surface area contributed by atoms with Crippen molar-refractivity contribution >= 4 is 64.2 Å². The molecule has 1 atom stereocenters. The molecule has 3 aromatic carbocycles. The highest BCUT2D eigenvalue weighted by Crippen LogP contribution is 2.39. The highest BCUT2D eigenvalue weighted by atomic mass is 35.5.